The van der Waals surface area contributed by atoms with Gasteiger partial charge in [-0.05, 0) is 43.2 Å². The first-order valence-electron chi connectivity index (χ1n) is 7.18. The number of hydrogen-bond acceptors (Lipinski definition) is 4. The van der Waals surface area contributed by atoms with Crippen molar-refractivity contribution < 1.29 is 19.1 Å². The molecule has 2 rings (SSSR count). The minimum Gasteiger partial charge on any atom is -0.493 e. The summed E-state index contributed by atoms with van der Waals surface area (Å²) in [5, 5.41) is 2.80. The highest BCUT2D eigenvalue weighted by atomic mass is 16.5. The predicted octanol–water partition coefficient (Wildman–Crippen LogP) is 3.14. The zero-order chi connectivity index (χ0) is 16.8. The van der Waals surface area contributed by atoms with Crippen molar-refractivity contribution in [2.45, 2.75) is 13.8 Å². The van der Waals surface area contributed by atoms with Gasteiger partial charge in [-0.2, -0.15) is 0 Å². The van der Waals surface area contributed by atoms with Gasteiger partial charge in [0.15, 0.2) is 24.4 Å². The molecule has 2 aromatic carbocycles. The second-order valence-corrected chi connectivity index (χ2v) is 5.08. The topological polar surface area (TPSA) is 64.6 Å². The summed E-state index contributed by atoms with van der Waals surface area (Å²) in [7, 11) is 1.48. The summed E-state index contributed by atoms with van der Waals surface area (Å²) >= 11 is 0. The molecule has 1 N–H and O–H groups in total. The van der Waals surface area contributed by atoms with Gasteiger partial charge in [0.1, 0.15) is 0 Å². The largest absolute Gasteiger partial charge is 0.493 e. The number of amides is 1. The molecule has 0 bridgehead atoms. The highest BCUT2D eigenvalue weighted by Crippen LogP contribution is 2.30. The van der Waals surface area contributed by atoms with Crippen LogP contribution in [0, 0.1) is 13.8 Å². The predicted molar refractivity (Wildman–Crippen MR) is 88.4 cm³/mol. The Bertz CT molecular complexity index is 725. The lowest BCUT2D eigenvalue weighted by Crippen LogP contribution is -2.21. The van der Waals surface area contributed by atoms with Crippen molar-refractivity contribution in [2.75, 3.05) is 19.0 Å². The number of rotatable bonds is 6. The first-order chi connectivity index (χ1) is 11.1. The van der Waals surface area contributed by atoms with Crippen LogP contribution in [0.15, 0.2) is 36.4 Å². The van der Waals surface area contributed by atoms with Crippen molar-refractivity contribution in [3.8, 4) is 11.5 Å². The van der Waals surface area contributed by atoms with Gasteiger partial charge < -0.3 is 14.8 Å². The highest BCUT2D eigenvalue weighted by Gasteiger charge is 2.13. The minimum atomic E-state index is -0.304. The first-order valence-corrected chi connectivity index (χ1v) is 7.18. The summed E-state index contributed by atoms with van der Waals surface area (Å²) in [6, 6.07) is 10.7. The number of ether oxygens (including phenoxy) is 2. The van der Waals surface area contributed by atoms with E-state index in [1.165, 1.54) is 7.11 Å². The van der Waals surface area contributed by atoms with Crippen LogP contribution in [0.2, 0.25) is 0 Å². The molecule has 0 unspecified atom stereocenters. The Balaban J connectivity index is 2.08. The average Bonchev–Trinajstić information content (AvgIpc) is 2.56. The Hall–Kier alpha value is -2.82. The number of para-hydroxylation sites is 1. The van der Waals surface area contributed by atoms with Crippen LogP contribution in [-0.4, -0.2) is 25.9 Å². The van der Waals surface area contributed by atoms with Crippen LogP contribution in [0.4, 0.5) is 5.69 Å². The van der Waals surface area contributed by atoms with E-state index in [0.717, 1.165) is 16.8 Å². The molecule has 0 saturated heterocycles. The second-order valence-electron chi connectivity index (χ2n) is 5.08. The lowest BCUT2D eigenvalue weighted by Gasteiger charge is -2.13. The number of benzene rings is 2. The number of nitrogens with one attached hydrogen (secondary N) is 1. The van der Waals surface area contributed by atoms with Crippen LogP contribution in [0.5, 0.6) is 11.5 Å². The number of aryl methyl sites for hydroxylation is 1. The van der Waals surface area contributed by atoms with E-state index in [-0.39, 0.29) is 18.3 Å². The third-order valence-electron chi connectivity index (χ3n) is 3.58. The van der Waals surface area contributed by atoms with Gasteiger partial charge in [-0.25, -0.2) is 0 Å². The number of carbonyl (C=O) groups is 2. The van der Waals surface area contributed by atoms with Crippen LogP contribution in [0.25, 0.3) is 0 Å². The minimum absolute atomic E-state index is 0.214. The van der Waals surface area contributed by atoms with Crippen LogP contribution in [0.3, 0.4) is 0 Å². The maximum absolute atomic E-state index is 12.1. The molecule has 0 spiro atoms. The van der Waals surface area contributed by atoms with Crippen molar-refractivity contribution >= 4 is 17.9 Å². The molecule has 2 aromatic rings. The van der Waals surface area contributed by atoms with E-state index in [1.54, 1.807) is 18.2 Å². The first kappa shape index (κ1) is 16.5. The molecule has 120 valence electrons. The van der Waals surface area contributed by atoms with Crippen molar-refractivity contribution in [3.05, 3.63) is 53.1 Å². The molecule has 1 amide bonds. The molecule has 0 aliphatic rings. The molecule has 0 heterocycles. The Morgan fingerprint density at radius 1 is 1.17 bits per heavy atom. The van der Waals surface area contributed by atoms with E-state index in [4.69, 9.17) is 9.47 Å². The Morgan fingerprint density at radius 2 is 1.91 bits per heavy atom. The standard InChI is InChI=1S/C18H19NO4/c1-12-6-4-8-15(13(12)2)19-17(21)11-23-18-14(10-20)7-5-9-16(18)22-3/h4-10H,11H2,1-3H3,(H,19,21). The molecular weight excluding hydrogens is 294 g/mol. The van der Waals surface area contributed by atoms with Crippen molar-refractivity contribution in [1.29, 1.82) is 0 Å². The number of aldehydes is 1. The molecule has 0 radical (unpaired) electrons. The second kappa shape index (κ2) is 7.45. The van der Waals surface area contributed by atoms with Crippen molar-refractivity contribution in [1.82, 2.24) is 0 Å². The van der Waals surface area contributed by atoms with Crippen molar-refractivity contribution in [2.24, 2.45) is 0 Å². The van der Waals surface area contributed by atoms with Gasteiger partial charge in [-0.1, -0.05) is 18.2 Å². The van der Waals surface area contributed by atoms with Crippen LogP contribution < -0.4 is 14.8 Å². The molecule has 0 aliphatic carbocycles. The van der Waals surface area contributed by atoms with E-state index < -0.39 is 0 Å². The monoisotopic (exact) mass is 313 g/mol. The van der Waals surface area contributed by atoms with Gasteiger partial charge in [0.2, 0.25) is 0 Å². The number of hydrogen-bond donors (Lipinski definition) is 1. The van der Waals surface area contributed by atoms with E-state index in [0.29, 0.717) is 17.6 Å². The number of anilines is 1. The lowest BCUT2D eigenvalue weighted by atomic mass is 10.1. The average molecular weight is 313 g/mol. The quantitative estimate of drug-likeness (QED) is 0.832. The fraction of sp³-hybridized carbons (Fsp3) is 0.222. The van der Waals surface area contributed by atoms with Gasteiger partial charge in [0.25, 0.3) is 5.91 Å². The normalized spacial score (nSPS) is 10.0. The third-order valence-corrected chi connectivity index (χ3v) is 3.58. The Morgan fingerprint density at radius 3 is 2.61 bits per heavy atom. The molecule has 0 fully saturated rings. The number of methoxy groups -OCH3 is 1. The lowest BCUT2D eigenvalue weighted by molar-refractivity contribution is -0.118. The zero-order valence-electron chi connectivity index (χ0n) is 13.4. The van der Waals surface area contributed by atoms with E-state index in [2.05, 4.69) is 5.32 Å². The van der Waals surface area contributed by atoms with Gasteiger partial charge in [-0.15, -0.1) is 0 Å². The van der Waals surface area contributed by atoms with E-state index >= 15 is 0 Å². The molecule has 5 nitrogen and oxygen atoms in total. The van der Waals surface area contributed by atoms with Crippen LogP contribution in [-0.2, 0) is 4.79 Å². The molecule has 0 aromatic heterocycles. The smallest absolute Gasteiger partial charge is 0.262 e. The SMILES string of the molecule is COc1cccc(C=O)c1OCC(=O)Nc1cccc(C)c1C. The summed E-state index contributed by atoms with van der Waals surface area (Å²) in [6.07, 6.45) is 0.667. The summed E-state index contributed by atoms with van der Waals surface area (Å²) in [4.78, 5) is 23.2. The van der Waals surface area contributed by atoms with Gasteiger partial charge >= 0.3 is 0 Å². The molecule has 0 aliphatic heterocycles. The molecule has 0 saturated carbocycles. The maximum atomic E-state index is 12.1. The highest BCUT2D eigenvalue weighted by molar-refractivity contribution is 5.93. The molecule has 23 heavy (non-hydrogen) atoms. The summed E-state index contributed by atoms with van der Waals surface area (Å²) < 4.78 is 10.6. The summed E-state index contributed by atoms with van der Waals surface area (Å²) in [5.74, 6) is 0.372. The van der Waals surface area contributed by atoms with Gasteiger partial charge in [0.05, 0.1) is 12.7 Å². The molecule has 0 atom stereocenters. The molecule has 5 heteroatoms. The fourth-order valence-corrected chi connectivity index (χ4v) is 2.15. The Kier molecular flexibility index (Phi) is 5.36. The van der Waals surface area contributed by atoms with Gasteiger partial charge in [-0.3, -0.25) is 9.59 Å². The van der Waals surface area contributed by atoms with Crippen LogP contribution in [0.1, 0.15) is 21.5 Å². The fourth-order valence-electron chi connectivity index (χ4n) is 2.15. The van der Waals surface area contributed by atoms with Gasteiger partial charge in [0, 0.05) is 5.69 Å². The van der Waals surface area contributed by atoms with E-state index in [1.807, 2.05) is 32.0 Å². The summed E-state index contributed by atoms with van der Waals surface area (Å²) in [5.41, 5.74) is 3.18. The summed E-state index contributed by atoms with van der Waals surface area (Å²) in [6.45, 7) is 3.71. The maximum Gasteiger partial charge on any atom is 0.262 e. The number of carbonyl (C=O) groups excluding carboxylic acids is 2. The van der Waals surface area contributed by atoms with Crippen molar-refractivity contribution in [3.63, 3.8) is 0 Å². The zero-order valence-corrected chi connectivity index (χ0v) is 13.4. The molecular formula is C18H19NO4. The third kappa shape index (κ3) is 3.88. The van der Waals surface area contributed by atoms with E-state index in [9.17, 15) is 9.59 Å². The Labute approximate surface area is 135 Å². The van der Waals surface area contributed by atoms with Crippen LogP contribution >= 0.6 is 0 Å².